The van der Waals surface area contributed by atoms with Gasteiger partial charge in [-0.15, -0.1) is 0 Å². The number of nitrogens with zero attached hydrogens (tertiary/aromatic N) is 1. The van der Waals surface area contributed by atoms with Gasteiger partial charge in [0.05, 0.1) is 12.6 Å². The molecule has 0 radical (unpaired) electrons. The normalized spacial score (nSPS) is 28.2. The van der Waals surface area contributed by atoms with E-state index in [-0.39, 0.29) is 12.6 Å². The van der Waals surface area contributed by atoms with E-state index in [0.29, 0.717) is 0 Å². The van der Waals surface area contributed by atoms with E-state index in [0.717, 1.165) is 9.71 Å². The van der Waals surface area contributed by atoms with Crippen molar-refractivity contribution >= 4 is 31.6 Å². The van der Waals surface area contributed by atoms with E-state index >= 15 is 0 Å². The molecule has 0 aliphatic carbocycles. The molecule has 1 N–H and O–H groups in total. The Bertz CT molecular complexity index is 117. The average molecular weight is 196 g/mol. The highest BCUT2D eigenvalue weighted by Gasteiger charge is 2.13. The molecule has 0 aromatic heterocycles. The standard InChI is InChI=1S/C4H6BrNOS/c5-4-6-3(1-7)2-8-4/h3,7H,1-2H2. The Morgan fingerprint density at radius 3 is 3.00 bits per heavy atom. The summed E-state index contributed by atoms with van der Waals surface area (Å²) in [4.78, 5) is 4.05. The number of hydrogen-bond donors (Lipinski definition) is 1. The van der Waals surface area contributed by atoms with Crippen LogP contribution in [0, 0.1) is 0 Å². The predicted molar refractivity (Wildman–Crippen MR) is 39.7 cm³/mol. The number of halogens is 1. The molecule has 4 heteroatoms. The number of aliphatic imine (C=N–C) groups is 1. The monoisotopic (exact) mass is 195 g/mol. The van der Waals surface area contributed by atoms with Crippen LogP contribution in [0.2, 0.25) is 0 Å². The number of aliphatic hydroxyl groups is 1. The van der Waals surface area contributed by atoms with Gasteiger partial charge in [-0.05, 0) is 15.9 Å². The quantitative estimate of drug-likeness (QED) is 0.674. The van der Waals surface area contributed by atoms with Crippen molar-refractivity contribution in [2.24, 2.45) is 4.99 Å². The Balaban J connectivity index is 2.41. The van der Waals surface area contributed by atoms with Crippen LogP contribution in [0.5, 0.6) is 0 Å². The molecule has 1 aliphatic rings. The topological polar surface area (TPSA) is 32.6 Å². The van der Waals surface area contributed by atoms with Gasteiger partial charge in [0, 0.05) is 5.75 Å². The lowest BCUT2D eigenvalue weighted by atomic mass is 10.4. The summed E-state index contributed by atoms with van der Waals surface area (Å²) in [6.07, 6.45) is 0. The van der Waals surface area contributed by atoms with E-state index in [1.165, 1.54) is 0 Å². The Morgan fingerprint density at radius 2 is 2.75 bits per heavy atom. The third-order valence-corrected chi connectivity index (χ3v) is 2.68. The third-order valence-electron chi connectivity index (χ3n) is 0.890. The van der Waals surface area contributed by atoms with Gasteiger partial charge < -0.3 is 5.11 Å². The minimum absolute atomic E-state index is 0.134. The first-order valence-corrected chi connectivity index (χ1v) is 4.07. The molecule has 1 atom stereocenters. The zero-order valence-electron chi connectivity index (χ0n) is 4.17. The molecule has 46 valence electrons. The fourth-order valence-electron chi connectivity index (χ4n) is 0.477. The van der Waals surface area contributed by atoms with E-state index < -0.39 is 0 Å². The van der Waals surface area contributed by atoms with E-state index in [1.54, 1.807) is 11.8 Å². The molecule has 0 saturated heterocycles. The molecule has 1 heterocycles. The maximum atomic E-state index is 8.54. The third kappa shape index (κ3) is 1.47. The lowest BCUT2D eigenvalue weighted by molar-refractivity contribution is 0.277. The number of aliphatic hydroxyl groups excluding tert-OH is 1. The van der Waals surface area contributed by atoms with Crippen molar-refractivity contribution in [1.29, 1.82) is 0 Å². The molecule has 0 aromatic rings. The Hall–Kier alpha value is 0.460. The van der Waals surface area contributed by atoms with Gasteiger partial charge in [0.1, 0.15) is 3.95 Å². The average Bonchev–Trinajstić information content (AvgIpc) is 2.14. The number of thioether (sulfide) groups is 1. The summed E-state index contributed by atoms with van der Waals surface area (Å²) in [6.45, 7) is 0.169. The van der Waals surface area contributed by atoms with Crippen molar-refractivity contribution in [3.05, 3.63) is 0 Å². The van der Waals surface area contributed by atoms with Crippen LogP contribution in [0.25, 0.3) is 0 Å². The highest BCUT2D eigenvalue weighted by Crippen LogP contribution is 2.20. The Kier molecular flexibility index (Phi) is 2.34. The van der Waals surface area contributed by atoms with Crippen LogP contribution in [0.1, 0.15) is 0 Å². The van der Waals surface area contributed by atoms with Crippen molar-refractivity contribution < 1.29 is 5.11 Å². The smallest absolute Gasteiger partial charge is 0.134 e. The largest absolute Gasteiger partial charge is 0.394 e. The van der Waals surface area contributed by atoms with Crippen molar-refractivity contribution in [3.8, 4) is 0 Å². The van der Waals surface area contributed by atoms with Gasteiger partial charge in [-0.25, -0.2) is 0 Å². The molecule has 0 amide bonds. The molecule has 2 nitrogen and oxygen atoms in total. The predicted octanol–water partition coefficient (Wildman–Crippen LogP) is 0.845. The first-order chi connectivity index (χ1) is 3.83. The fourth-order valence-corrected chi connectivity index (χ4v) is 1.90. The number of rotatable bonds is 1. The molecule has 0 spiro atoms. The van der Waals surface area contributed by atoms with Gasteiger partial charge in [0.25, 0.3) is 0 Å². The lowest BCUT2D eigenvalue weighted by Gasteiger charge is -1.94. The summed E-state index contributed by atoms with van der Waals surface area (Å²) < 4.78 is 0.913. The molecule has 0 fully saturated rings. The van der Waals surface area contributed by atoms with Crippen LogP contribution in [-0.2, 0) is 0 Å². The lowest BCUT2D eigenvalue weighted by Crippen LogP contribution is -2.08. The molecular weight excluding hydrogens is 190 g/mol. The highest BCUT2D eigenvalue weighted by molar-refractivity contribution is 9.22. The first kappa shape index (κ1) is 6.58. The first-order valence-electron chi connectivity index (χ1n) is 2.30. The van der Waals surface area contributed by atoms with Gasteiger partial charge >= 0.3 is 0 Å². The summed E-state index contributed by atoms with van der Waals surface area (Å²) in [6, 6.07) is 0.134. The minimum atomic E-state index is 0.134. The van der Waals surface area contributed by atoms with Gasteiger partial charge in [-0.3, -0.25) is 4.99 Å². The van der Waals surface area contributed by atoms with Crippen LogP contribution in [0.4, 0.5) is 0 Å². The van der Waals surface area contributed by atoms with E-state index in [2.05, 4.69) is 20.9 Å². The summed E-state index contributed by atoms with van der Waals surface area (Å²) >= 11 is 4.86. The molecule has 1 rings (SSSR count). The summed E-state index contributed by atoms with van der Waals surface area (Å²) in [7, 11) is 0. The van der Waals surface area contributed by atoms with Crippen LogP contribution in [0.3, 0.4) is 0 Å². The zero-order chi connectivity index (χ0) is 5.98. The van der Waals surface area contributed by atoms with Crippen LogP contribution < -0.4 is 0 Å². The molecular formula is C4H6BrNOS. The highest BCUT2D eigenvalue weighted by atomic mass is 79.9. The fraction of sp³-hybridized carbons (Fsp3) is 0.750. The molecule has 0 bridgehead atoms. The van der Waals surface area contributed by atoms with E-state index in [4.69, 9.17) is 5.11 Å². The van der Waals surface area contributed by atoms with Crippen LogP contribution in [-0.4, -0.2) is 27.5 Å². The van der Waals surface area contributed by atoms with Gasteiger partial charge in [0.15, 0.2) is 0 Å². The van der Waals surface area contributed by atoms with Crippen molar-refractivity contribution in [3.63, 3.8) is 0 Å². The van der Waals surface area contributed by atoms with E-state index in [9.17, 15) is 0 Å². The summed E-state index contributed by atoms with van der Waals surface area (Å²) in [5.74, 6) is 0.914. The summed E-state index contributed by atoms with van der Waals surface area (Å²) in [5.41, 5.74) is 0. The Labute approximate surface area is 60.5 Å². The van der Waals surface area contributed by atoms with Gasteiger partial charge in [-0.1, -0.05) is 11.8 Å². The second-order valence-corrected chi connectivity index (χ2v) is 3.81. The second kappa shape index (κ2) is 2.85. The zero-order valence-corrected chi connectivity index (χ0v) is 6.57. The SMILES string of the molecule is OCC1CSC(Br)=N1. The second-order valence-electron chi connectivity index (χ2n) is 1.53. The molecule has 1 unspecified atom stereocenters. The maximum Gasteiger partial charge on any atom is 0.134 e. The van der Waals surface area contributed by atoms with E-state index in [1.807, 2.05) is 0 Å². The summed E-state index contributed by atoms with van der Waals surface area (Å²) in [5, 5.41) is 8.54. The minimum Gasteiger partial charge on any atom is -0.394 e. The van der Waals surface area contributed by atoms with Crippen molar-refractivity contribution in [2.45, 2.75) is 6.04 Å². The maximum absolute atomic E-state index is 8.54. The Morgan fingerprint density at radius 1 is 2.00 bits per heavy atom. The van der Waals surface area contributed by atoms with Gasteiger partial charge in [-0.2, -0.15) is 0 Å². The van der Waals surface area contributed by atoms with Crippen LogP contribution >= 0.6 is 27.7 Å². The molecule has 8 heavy (non-hydrogen) atoms. The molecule has 1 aliphatic heterocycles. The van der Waals surface area contributed by atoms with Gasteiger partial charge in [0.2, 0.25) is 0 Å². The number of hydrogen-bond acceptors (Lipinski definition) is 3. The van der Waals surface area contributed by atoms with Crippen molar-refractivity contribution in [1.82, 2.24) is 0 Å². The van der Waals surface area contributed by atoms with Crippen LogP contribution in [0.15, 0.2) is 4.99 Å². The molecule has 0 aromatic carbocycles. The molecule has 0 saturated carbocycles. The van der Waals surface area contributed by atoms with Crippen molar-refractivity contribution in [2.75, 3.05) is 12.4 Å².